The quantitative estimate of drug-likeness (QED) is 0.714. The van der Waals surface area contributed by atoms with Gasteiger partial charge in [0.25, 0.3) is 10.2 Å². The third kappa shape index (κ3) is 2.30. The number of hydrogen-bond acceptors (Lipinski definition) is 4. The van der Waals surface area contributed by atoms with Crippen LogP contribution < -0.4 is 0 Å². The summed E-state index contributed by atoms with van der Waals surface area (Å²) in [4.78, 5) is 11.0. The molecule has 0 aliphatic carbocycles. The van der Waals surface area contributed by atoms with Gasteiger partial charge in [0.2, 0.25) is 0 Å². The number of hydrogen-bond donors (Lipinski definition) is 1. The third-order valence-electron chi connectivity index (χ3n) is 3.16. The van der Waals surface area contributed by atoms with Crippen LogP contribution in [0.3, 0.4) is 0 Å². The molecule has 0 aromatic carbocycles. The molecule has 0 saturated carbocycles. The van der Waals surface area contributed by atoms with Crippen LogP contribution in [0.25, 0.3) is 0 Å². The van der Waals surface area contributed by atoms with Crippen LogP contribution >= 0.6 is 0 Å². The Morgan fingerprint density at radius 1 is 1.53 bits per heavy atom. The zero-order chi connectivity index (χ0) is 12.6. The normalized spacial score (nSPS) is 34.2. The van der Waals surface area contributed by atoms with Crippen molar-refractivity contribution < 1.29 is 23.1 Å². The lowest BCUT2D eigenvalue weighted by molar-refractivity contribution is -0.141. The fraction of sp³-hybridized carbons (Fsp3) is 0.889. The van der Waals surface area contributed by atoms with Crippen molar-refractivity contribution in [1.29, 1.82) is 0 Å². The molecule has 2 heterocycles. The molecule has 7 nitrogen and oxygen atoms in total. The monoisotopic (exact) mass is 264 g/mol. The van der Waals surface area contributed by atoms with Gasteiger partial charge in [-0.05, 0) is 12.8 Å². The maximum absolute atomic E-state index is 11.9. The lowest BCUT2D eigenvalue weighted by Gasteiger charge is -2.22. The van der Waals surface area contributed by atoms with E-state index in [0.29, 0.717) is 6.61 Å². The Hall–Kier alpha value is -0.700. The van der Waals surface area contributed by atoms with Gasteiger partial charge in [-0.15, -0.1) is 0 Å². The highest BCUT2D eigenvalue weighted by molar-refractivity contribution is 7.87. The van der Waals surface area contributed by atoms with E-state index < -0.39 is 22.2 Å². The molecule has 2 atom stereocenters. The Morgan fingerprint density at radius 2 is 2.24 bits per heavy atom. The van der Waals surface area contributed by atoms with E-state index in [1.807, 2.05) is 0 Å². The van der Waals surface area contributed by atoms with E-state index in [1.54, 1.807) is 0 Å². The summed E-state index contributed by atoms with van der Waals surface area (Å²) in [7, 11) is -2.25. The molecule has 0 amide bonds. The van der Waals surface area contributed by atoms with Crippen molar-refractivity contribution in [3.05, 3.63) is 0 Å². The van der Waals surface area contributed by atoms with Gasteiger partial charge in [-0.2, -0.15) is 17.0 Å². The van der Waals surface area contributed by atoms with E-state index in [4.69, 9.17) is 9.84 Å². The molecule has 2 fully saturated rings. The first kappa shape index (κ1) is 12.7. The van der Waals surface area contributed by atoms with E-state index in [2.05, 4.69) is 0 Å². The first-order chi connectivity index (χ1) is 7.93. The Kier molecular flexibility index (Phi) is 3.39. The topological polar surface area (TPSA) is 87.2 Å². The van der Waals surface area contributed by atoms with Gasteiger partial charge in [0.1, 0.15) is 6.04 Å². The Bertz CT molecular complexity index is 404. The highest BCUT2D eigenvalue weighted by Gasteiger charge is 2.46. The van der Waals surface area contributed by atoms with Crippen molar-refractivity contribution in [3.8, 4) is 0 Å². The van der Waals surface area contributed by atoms with Gasteiger partial charge in [-0.3, -0.25) is 4.79 Å². The van der Waals surface area contributed by atoms with Crippen molar-refractivity contribution >= 4 is 16.2 Å². The maximum atomic E-state index is 11.9. The average molecular weight is 264 g/mol. The minimum atomic E-state index is -3.64. The standard InChI is InChI=1S/C9H16N2O5S/c1-10-6-8(9(12)13)11(17(10,14)15)5-7-3-2-4-16-7/h7-8H,2-6H2,1H3,(H,12,13). The van der Waals surface area contributed by atoms with Crippen molar-refractivity contribution in [2.24, 2.45) is 0 Å². The van der Waals surface area contributed by atoms with Gasteiger partial charge in [0.15, 0.2) is 0 Å². The smallest absolute Gasteiger partial charge is 0.323 e. The second kappa shape index (κ2) is 4.52. The number of carbonyl (C=O) groups is 1. The van der Waals surface area contributed by atoms with Gasteiger partial charge >= 0.3 is 5.97 Å². The SMILES string of the molecule is CN1CC(C(=O)O)N(CC2CCCO2)S1(=O)=O. The highest BCUT2D eigenvalue weighted by Crippen LogP contribution is 2.24. The predicted octanol–water partition coefficient (Wildman–Crippen LogP) is -0.889. The molecule has 98 valence electrons. The van der Waals surface area contributed by atoms with Crippen LogP contribution in [0.15, 0.2) is 0 Å². The summed E-state index contributed by atoms with van der Waals surface area (Å²) in [6.07, 6.45) is 1.49. The predicted molar refractivity (Wildman–Crippen MR) is 58.7 cm³/mol. The van der Waals surface area contributed by atoms with E-state index in [-0.39, 0.29) is 19.2 Å². The van der Waals surface area contributed by atoms with Crippen molar-refractivity contribution in [1.82, 2.24) is 8.61 Å². The van der Waals surface area contributed by atoms with Gasteiger partial charge in [0.05, 0.1) is 6.10 Å². The molecule has 0 spiro atoms. The van der Waals surface area contributed by atoms with Gasteiger partial charge in [-0.25, -0.2) is 0 Å². The van der Waals surface area contributed by atoms with Gasteiger partial charge in [0, 0.05) is 26.7 Å². The fourth-order valence-corrected chi connectivity index (χ4v) is 3.70. The summed E-state index contributed by atoms with van der Waals surface area (Å²) in [5.74, 6) is -1.11. The van der Waals surface area contributed by atoms with Gasteiger partial charge in [-0.1, -0.05) is 0 Å². The Balaban J connectivity index is 2.17. The lowest BCUT2D eigenvalue weighted by Crippen LogP contribution is -2.44. The largest absolute Gasteiger partial charge is 0.480 e. The first-order valence-corrected chi connectivity index (χ1v) is 6.90. The Labute approximate surface area is 100 Å². The number of carboxylic acids is 1. The number of likely N-dealkylation sites (N-methyl/N-ethyl adjacent to an activating group) is 1. The van der Waals surface area contributed by atoms with E-state index in [9.17, 15) is 13.2 Å². The minimum absolute atomic E-state index is 0.00954. The van der Waals surface area contributed by atoms with Crippen molar-refractivity contribution in [2.45, 2.75) is 25.0 Å². The third-order valence-corrected chi connectivity index (χ3v) is 5.09. The molecular weight excluding hydrogens is 248 g/mol. The molecule has 17 heavy (non-hydrogen) atoms. The summed E-state index contributed by atoms with van der Waals surface area (Å²) in [5.41, 5.74) is 0. The second-order valence-corrected chi connectivity index (χ2v) is 6.34. The Morgan fingerprint density at radius 3 is 2.76 bits per heavy atom. The van der Waals surface area contributed by atoms with E-state index in [0.717, 1.165) is 21.5 Å². The number of aliphatic carboxylic acids is 1. The minimum Gasteiger partial charge on any atom is -0.480 e. The van der Waals surface area contributed by atoms with E-state index >= 15 is 0 Å². The second-order valence-electron chi connectivity index (χ2n) is 4.35. The summed E-state index contributed by atoms with van der Waals surface area (Å²) >= 11 is 0. The molecule has 2 aliphatic heterocycles. The van der Waals surface area contributed by atoms with E-state index in [1.165, 1.54) is 7.05 Å². The van der Waals surface area contributed by atoms with Gasteiger partial charge < -0.3 is 9.84 Å². The van der Waals surface area contributed by atoms with Crippen LogP contribution in [0.5, 0.6) is 0 Å². The van der Waals surface area contributed by atoms with Crippen LogP contribution in [0.2, 0.25) is 0 Å². The zero-order valence-electron chi connectivity index (χ0n) is 9.57. The van der Waals surface area contributed by atoms with Crippen molar-refractivity contribution in [3.63, 3.8) is 0 Å². The fourth-order valence-electron chi connectivity index (χ4n) is 2.18. The van der Waals surface area contributed by atoms with Crippen LogP contribution in [0.4, 0.5) is 0 Å². The molecular formula is C9H16N2O5S. The zero-order valence-corrected chi connectivity index (χ0v) is 10.4. The summed E-state index contributed by atoms with van der Waals surface area (Å²) in [6, 6.07) is -1.01. The number of nitrogens with zero attached hydrogens (tertiary/aromatic N) is 2. The molecule has 0 aromatic rings. The molecule has 2 rings (SSSR count). The first-order valence-electron chi connectivity index (χ1n) is 5.50. The van der Waals surface area contributed by atoms with Crippen LogP contribution in [-0.4, -0.2) is 67.0 Å². The molecule has 0 aromatic heterocycles. The molecule has 0 radical (unpaired) electrons. The molecule has 1 N–H and O–H groups in total. The number of rotatable bonds is 3. The number of ether oxygens (including phenoxy) is 1. The van der Waals surface area contributed by atoms with Crippen LogP contribution in [0.1, 0.15) is 12.8 Å². The number of carboxylic acid groups (broad SMARTS) is 1. The maximum Gasteiger partial charge on any atom is 0.323 e. The summed E-state index contributed by atoms with van der Waals surface area (Å²) < 4.78 is 31.3. The molecule has 0 bridgehead atoms. The molecule has 2 aliphatic rings. The molecule has 2 saturated heterocycles. The highest BCUT2D eigenvalue weighted by atomic mass is 32.2. The summed E-state index contributed by atoms with van der Waals surface area (Å²) in [6.45, 7) is 0.736. The summed E-state index contributed by atoms with van der Waals surface area (Å²) in [5, 5.41) is 9.03. The molecule has 8 heteroatoms. The van der Waals surface area contributed by atoms with Crippen LogP contribution in [-0.2, 0) is 19.7 Å². The van der Waals surface area contributed by atoms with Crippen LogP contribution in [0, 0.1) is 0 Å². The average Bonchev–Trinajstić information content (AvgIpc) is 2.80. The lowest BCUT2D eigenvalue weighted by atomic mass is 10.2. The molecule has 2 unspecified atom stereocenters. The van der Waals surface area contributed by atoms with Crippen molar-refractivity contribution in [2.75, 3.05) is 26.7 Å².